The number of carboxylic acid groups (broad SMARTS) is 1. The standard InChI is InChI=1S/C14H15F3N2O4/c1-8-10(2-3-11(18-8)14(15,16)17)13(22)19-4-5-23-9(7-19)6-12(20)21/h2-3,9H,4-7H2,1H3,(H,20,21)/t9-/m1/s1. The minimum Gasteiger partial charge on any atom is -0.481 e. The fraction of sp³-hybridized carbons (Fsp3) is 0.500. The number of halogens is 3. The van der Waals surface area contributed by atoms with Gasteiger partial charge in [-0.25, -0.2) is 4.98 Å². The molecular formula is C14H15F3N2O4. The summed E-state index contributed by atoms with van der Waals surface area (Å²) in [6.07, 6.45) is -5.45. The number of carboxylic acids is 1. The fourth-order valence-electron chi connectivity index (χ4n) is 2.34. The number of amides is 1. The molecule has 0 bridgehead atoms. The topological polar surface area (TPSA) is 79.7 Å². The molecule has 1 amide bonds. The van der Waals surface area contributed by atoms with Gasteiger partial charge in [0.05, 0.1) is 30.4 Å². The van der Waals surface area contributed by atoms with E-state index in [1.165, 1.54) is 11.8 Å². The maximum Gasteiger partial charge on any atom is 0.433 e. The SMILES string of the molecule is Cc1nc(C(F)(F)F)ccc1C(=O)N1CCO[C@H](CC(=O)O)C1. The predicted octanol–water partition coefficient (Wildman–Crippen LogP) is 1.72. The van der Waals surface area contributed by atoms with Crippen molar-refractivity contribution in [3.05, 3.63) is 29.1 Å². The van der Waals surface area contributed by atoms with E-state index in [2.05, 4.69) is 4.98 Å². The molecule has 1 N–H and O–H groups in total. The van der Waals surface area contributed by atoms with E-state index in [0.717, 1.165) is 12.1 Å². The van der Waals surface area contributed by atoms with E-state index in [-0.39, 0.29) is 37.4 Å². The van der Waals surface area contributed by atoms with Crippen molar-refractivity contribution in [2.24, 2.45) is 0 Å². The van der Waals surface area contributed by atoms with Crippen LogP contribution in [0.3, 0.4) is 0 Å². The molecule has 126 valence electrons. The summed E-state index contributed by atoms with van der Waals surface area (Å²) in [7, 11) is 0. The van der Waals surface area contributed by atoms with E-state index >= 15 is 0 Å². The Bertz CT molecular complexity index is 619. The molecule has 1 aromatic rings. The lowest BCUT2D eigenvalue weighted by molar-refractivity contribution is -0.142. The molecule has 0 aliphatic carbocycles. The van der Waals surface area contributed by atoms with Gasteiger partial charge in [-0.2, -0.15) is 13.2 Å². The van der Waals surface area contributed by atoms with E-state index < -0.39 is 29.9 Å². The Labute approximate surface area is 129 Å². The number of rotatable bonds is 3. The second-order valence-electron chi connectivity index (χ2n) is 5.17. The van der Waals surface area contributed by atoms with Crippen LogP contribution < -0.4 is 0 Å². The molecule has 1 fully saturated rings. The third-order valence-corrected chi connectivity index (χ3v) is 3.43. The van der Waals surface area contributed by atoms with Crippen LogP contribution in [0.1, 0.15) is 28.2 Å². The number of pyridine rings is 1. The van der Waals surface area contributed by atoms with Gasteiger partial charge in [0.2, 0.25) is 0 Å². The van der Waals surface area contributed by atoms with Crippen LogP contribution in [0, 0.1) is 6.92 Å². The lowest BCUT2D eigenvalue weighted by Gasteiger charge is -2.32. The van der Waals surface area contributed by atoms with Crippen LogP contribution in [0.4, 0.5) is 13.2 Å². The van der Waals surface area contributed by atoms with Crippen molar-refractivity contribution in [1.82, 2.24) is 9.88 Å². The van der Waals surface area contributed by atoms with Gasteiger partial charge >= 0.3 is 12.1 Å². The Morgan fingerprint density at radius 3 is 2.70 bits per heavy atom. The van der Waals surface area contributed by atoms with Crippen LogP contribution in [0.15, 0.2) is 12.1 Å². The lowest BCUT2D eigenvalue weighted by Crippen LogP contribution is -2.46. The summed E-state index contributed by atoms with van der Waals surface area (Å²) >= 11 is 0. The Morgan fingerprint density at radius 2 is 2.13 bits per heavy atom. The summed E-state index contributed by atoms with van der Waals surface area (Å²) in [6.45, 7) is 1.83. The van der Waals surface area contributed by atoms with Crippen LogP contribution >= 0.6 is 0 Å². The smallest absolute Gasteiger partial charge is 0.433 e. The minimum atomic E-state index is -4.57. The third kappa shape index (κ3) is 4.19. The monoisotopic (exact) mass is 332 g/mol. The van der Waals surface area contributed by atoms with Crippen molar-refractivity contribution in [3.63, 3.8) is 0 Å². The average Bonchev–Trinajstić information content (AvgIpc) is 2.45. The highest BCUT2D eigenvalue weighted by Gasteiger charge is 2.34. The lowest BCUT2D eigenvalue weighted by atomic mass is 10.1. The van der Waals surface area contributed by atoms with Gasteiger partial charge in [-0.1, -0.05) is 0 Å². The van der Waals surface area contributed by atoms with Crippen LogP contribution in [0.5, 0.6) is 0 Å². The number of carbonyl (C=O) groups excluding carboxylic acids is 1. The maximum atomic E-state index is 12.6. The maximum absolute atomic E-state index is 12.6. The first-order valence-electron chi connectivity index (χ1n) is 6.86. The summed E-state index contributed by atoms with van der Waals surface area (Å²) in [5.74, 6) is -1.53. The van der Waals surface area contributed by atoms with E-state index in [9.17, 15) is 22.8 Å². The number of hydrogen-bond donors (Lipinski definition) is 1. The summed E-state index contributed by atoms with van der Waals surface area (Å²) in [6, 6.07) is 1.85. The summed E-state index contributed by atoms with van der Waals surface area (Å²) < 4.78 is 43.1. The predicted molar refractivity (Wildman–Crippen MR) is 71.9 cm³/mol. The summed E-state index contributed by atoms with van der Waals surface area (Å²) in [4.78, 5) is 27.9. The van der Waals surface area contributed by atoms with Crippen molar-refractivity contribution in [2.75, 3.05) is 19.7 Å². The van der Waals surface area contributed by atoms with Crippen molar-refractivity contribution in [3.8, 4) is 0 Å². The van der Waals surface area contributed by atoms with E-state index in [1.54, 1.807) is 0 Å². The van der Waals surface area contributed by atoms with Crippen LogP contribution in [0.2, 0.25) is 0 Å². The second kappa shape index (κ2) is 6.53. The summed E-state index contributed by atoms with van der Waals surface area (Å²) in [5, 5.41) is 8.76. The number of morpholine rings is 1. The Hall–Kier alpha value is -2.16. The van der Waals surface area contributed by atoms with Crippen LogP contribution in [-0.4, -0.2) is 52.7 Å². The van der Waals surface area contributed by atoms with Crippen molar-refractivity contribution < 1.29 is 32.6 Å². The number of aromatic nitrogens is 1. The molecule has 6 nitrogen and oxygen atoms in total. The number of nitrogens with zero attached hydrogens (tertiary/aromatic N) is 2. The quantitative estimate of drug-likeness (QED) is 0.912. The Kier molecular flexibility index (Phi) is 4.88. The highest BCUT2D eigenvalue weighted by molar-refractivity contribution is 5.95. The molecule has 1 saturated heterocycles. The van der Waals surface area contributed by atoms with Crippen molar-refractivity contribution in [2.45, 2.75) is 25.6 Å². The number of alkyl halides is 3. The third-order valence-electron chi connectivity index (χ3n) is 3.43. The Balaban J connectivity index is 2.15. The number of ether oxygens (including phenoxy) is 1. The zero-order valence-electron chi connectivity index (χ0n) is 12.3. The van der Waals surface area contributed by atoms with Gasteiger partial charge in [0.1, 0.15) is 5.69 Å². The van der Waals surface area contributed by atoms with Gasteiger partial charge in [-0.05, 0) is 19.1 Å². The molecule has 0 unspecified atom stereocenters. The number of aliphatic carboxylic acids is 1. The van der Waals surface area contributed by atoms with Gasteiger partial charge < -0.3 is 14.7 Å². The van der Waals surface area contributed by atoms with Crippen molar-refractivity contribution >= 4 is 11.9 Å². The highest BCUT2D eigenvalue weighted by Crippen LogP contribution is 2.28. The van der Waals surface area contributed by atoms with Gasteiger partial charge in [0.25, 0.3) is 5.91 Å². The molecule has 0 saturated carbocycles. The van der Waals surface area contributed by atoms with E-state index in [0.29, 0.717) is 0 Å². The molecule has 2 rings (SSSR count). The second-order valence-corrected chi connectivity index (χ2v) is 5.17. The molecule has 23 heavy (non-hydrogen) atoms. The first-order valence-corrected chi connectivity index (χ1v) is 6.86. The van der Waals surface area contributed by atoms with Crippen LogP contribution in [0.25, 0.3) is 0 Å². The molecule has 0 aromatic carbocycles. The molecule has 1 aromatic heterocycles. The van der Waals surface area contributed by atoms with Gasteiger partial charge in [0, 0.05) is 13.1 Å². The molecule has 2 heterocycles. The zero-order valence-corrected chi connectivity index (χ0v) is 12.3. The minimum absolute atomic E-state index is 0.0221. The van der Waals surface area contributed by atoms with E-state index in [4.69, 9.17) is 9.84 Å². The Morgan fingerprint density at radius 1 is 1.43 bits per heavy atom. The summed E-state index contributed by atoms with van der Waals surface area (Å²) in [5.41, 5.74) is -1.02. The normalized spacial score (nSPS) is 18.8. The molecular weight excluding hydrogens is 317 g/mol. The van der Waals surface area contributed by atoms with Gasteiger partial charge in [-0.3, -0.25) is 9.59 Å². The highest BCUT2D eigenvalue weighted by atomic mass is 19.4. The first kappa shape index (κ1) is 17.2. The average molecular weight is 332 g/mol. The molecule has 1 atom stereocenters. The van der Waals surface area contributed by atoms with E-state index in [1.807, 2.05) is 0 Å². The molecule has 0 radical (unpaired) electrons. The van der Waals surface area contributed by atoms with Crippen molar-refractivity contribution in [1.29, 1.82) is 0 Å². The fourth-order valence-corrected chi connectivity index (χ4v) is 2.34. The van der Waals surface area contributed by atoms with Gasteiger partial charge in [0.15, 0.2) is 0 Å². The number of hydrogen-bond acceptors (Lipinski definition) is 4. The first-order chi connectivity index (χ1) is 10.7. The molecule has 9 heteroatoms. The molecule has 1 aliphatic heterocycles. The zero-order chi connectivity index (χ0) is 17.2. The van der Waals surface area contributed by atoms with Crippen LogP contribution in [-0.2, 0) is 15.7 Å². The molecule has 0 spiro atoms. The largest absolute Gasteiger partial charge is 0.481 e. The van der Waals surface area contributed by atoms with Gasteiger partial charge in [-0.15, -0.1) is 0 Å². The number of carbonyl (C=O) groups is 2. The number of aryl methyl sites for hydroxylation is 1. The molecule has 1 aliphatic rings.